The second-order valence-electron chi connectivity index (χ2n) is 6.36. The number of carbonyl (C=O) groups is 2. The standard InChI is InChI=1S/C18H11Cl3N2O4S/c1-18(7-13(24)25)16(26)23(11-6-8(19)2-5-12(11)27-18)17-22-14-9(20)3-4-10(21)15(14)28-17/h2-6H,7H2,1H3,(H,24,25). The van der Waals surface area contributed by atoms with Gasteiger partial charge in [0.15, 0.2) is 10.7 Å². The first-order chi connectivity index (χ1) is 13.2. The maximum Gasteiger partial charge on any atom is 0.307 e. The predicted octanol–water partition coefficient (Wildman–Crippen LogP) is 5.55. The Labute approximate surface area is 178 Å². The van der Waals surface area contributed by atoms with E-state index in [1.165, 1.54) is 23.2 Å². The molecule has 6 nitrogen and oxygen atoms in total. The van der Waals surface area contributed by atoms with E-state index in [1.54, 1.807) is 30.3 Å². The fraction of sp³-hybridized carbons (Fsp3) is 0.167. The zero-order valence-corrected chi connectivity index (χ0v) is 17.3. The minimum absolute atomic E-state index is 0.290. The van der Waals surface area contributed by atoms with Gasteiger partial charge in [-0.3, -0.25) is 9.59 Å². The molecule has 4 rings (SSSR count). The number of nitrogens with zero attached hydrogens (tertiary/aromatic N) is 2. The molecule has 28 heavy (non-hydrogen) atoms. The van der Waals surface area contributed by atoms with Gasteiger partial charge in [0.25, 0.3) is 5.91 Å². The average Bonchev–Trinajstić information content (AvgIpc) is 3.05. The highest BCUT2D eigenvalue weighted by Crippen LogP contribution is 2.47. The van der Waals surface area contributed by atoms with Crippen LogP contribution in [-0.2, 0) is 9.59 Å². The molecule has 144 valence electrons. The summed E-state index contributed by atoms with van der Waals surface area (Å²) in [7, 11) is 0. The minimum Gasteiger partial charge on any atom is -0.481 e. The molecule has 1 aliphatic heterocycles. The largest absolute Gasteiger partial charge is 0.481 e. The van der Waals surface area contributed by atoms with Crippen LogP contribution in [0.1, 0.15) is 13.3 Å². The Kier molecular flexibility index (Phi) is 4.66. The van der Waals surface area contributed by atoms with Gasteiger partial charge in [0, 0.05) is 5.02 Å². The molecular weight excluding hydrogens is 447 g/mol. The molecule has 0 fully saturated rings. The van der Waals surface area contributed by atoms with Crippen molar-refractivity contribution in [2.45, 2.75) is 18.9 Å². The number of hydrogen-bond acceptors (Lipinski definition) is 5. The van der Waals surface area contributed by atoms with Gasteiger partial charge in [0.1, 0.15) is 11.3 Å². The third-order valence-corrected chi connectivity index (χ3v) is 6.31. The summed E-state index contributed by atoms with van der Waals surface area (Å²) < 4.78 is 6.38. The molecule has 0 radical (unpaired) electrons. The maximum absolute atomic E-state index is 13.3. The molecule has 1 atom stereocenters. The smallest absolute Gasteiger partial charge is 0.307 e. The summed E-state index contributed by atoms with van der Waals surface area (Å²) in [6.45, 7) is 1.43. The number of anilines is 2. The number of halogens is 3. The summed E-state index contributed by atoms with van der Waals surface area (Å²) in [6.07, 6.45) is -0.517. The van der Waals surface area contributed by atoms with Gasteiger partial charge in [-0.05, 0) is 37.3 Å². The van der Waals surface area contributed by atoms with Crippen LogP contribution in [-0.4, -0.2) is 27.6 Å². The highest BCUT2D eigenvalue weighted by molar-refractivity contribution is 7.23. The van der Waals surface area contributed by atoms with E-state index >= 15 is 0 Å². The Morgan fingerprint density at radius 2 is 1.96 bits per heavy atom. The van der Waals surface area contributed by atoms with Crippen LogP contribution in [0.25, 0.3) is 10.2 Å². The number of ether oxygens (including phenoxy) is 1. The van der Waals surface area contributed by atoms with Crippen molar-refractivity contribution in [3.8, 4) is 5.75 Å². The Morgan fingerprint density at radius 1 is 1.25 bits per heavy atom. The molecule has 1 N–H and O–H groups in total. The highest BCUT2D eigenvalue weighted by Gasteiger charge is 2.48. The van der Waals surface area contributed by atoms with Crippen LogP contribution < -0.4 is 9.64 Å². The van der Waals surface area contributed by atoms with E-state index in [1.807, 2.05) is 0 Å². The van der Waals surface area contributed by atoms with Crippen molar-refractivity contribution in [3.05, 3.63) is 45.4 Å². The number of carbonyl (C=O) groups excluding carboxylic acids is 1. The van der Waals surface area contributed by atoms with Gasteiger partial charge in [0.05, 0.1) is 26.9 Å². The van der Waals surface area contributed by atoms with Crippen molar-refractivity contribution in [1.29, 1.82) is 0 Å². The van der Waals surface area contributed by atoms with Gasteiger partial charge in [-0.15, -0.1) is 0 Å². The second kappa shape index (κ2) is 6.77. The Morgan fingerprint density at radius 3 is 2.64 bits per heavy atom. The molecule has 0 bridgehead atoms. The van der Waals surface area contributed by atoms with Gasteiger partial charge in [-0.25, -0.2) is 9.88 Å². The predicted molar refractivity (Wildman–Crippen MR) is 110 cm³/mol. The van der Waals surface area contributed by atoms with Gasteiger partial charge >= 0.3 is 5.97 Å². The van der Waals surface area contributed by atoms with Crippen LogP contribution in [0.4, 0.5) is 10.8 Å². The Hall–Kier alpha value is -2.06. The van der Waals surface area contributed by atoms with Crippen LogP contribution in [0.15, 0.2) is 30.3 Å². The molecule has 0 saturated heterocycles. The number of aliphatic carboxylic acids is 1. The number of carboxylic acid groups (broad SMARTS) is 1. The van der Waals surface area contributed by atoms with Crippen molar-refractivity contribution in [3.63, 3.8) is 0 Å². The molecule has 1 amide bonds. The number of aromatic nitrogens is 1. The van der Waals surface area contributed by atoms with Crippen molar-refractivity contribution in [2.75, 3.05) is 4.90 Å². The average molecular weight is 458 g/mol. The number of amides is 1. The lowest BCUT2D eigenvalue weighted by atomic mass is 9.97. The lowest BCUT2D eigenvalue weighted by Gasteiger charge is -2.38. The SMILES string of the molecule is CC1(CC(=O)O)Oc2ccc(Cl)cc2N(c2nc3c(Cl)ccc(Cl)c3s2)C1=O. The molecule has 10 heteroatoms. The summed E-state index contributed by atoms with van der Waals surface area (Å²) in [5, 5.41) is 10.8. The Bertz CT molecular complexity index is 1110. The molecule has 0 saturated carbocycles. The van der Waals surface area contributed by atoms with Crippen molar-refractivity contribution in [1.82, 2.24) is 4.98 Å². The number of carboxylic acids is 1. The van der Waals surface area contributed by atoms with Crippen molar-refractivity contribution >= 4 is 79.1 Å². The summed E-state index contributed by atoms with van der Waals surface area (Å²) in [4.78, 5) is 30.4. The maximum atomic E-state index is 13.3. The molecule has 2 heterocycles. The van der Waals surface area contributed by atoms with Gasteiger partial charge in [0.2, 0.25) is 0 Å². The van der Waals surface area contributed by atoms with Crippen LogP contribution >= 0.6 is 46.1 Å². The molecule has 2 aromatic carbocycles. The van der Waals surface area contributed by atoms with Crippen molar-refractivity contribution < 1.29 is 19.4 Å². The lowest BCUT2D eigenvalue weighted by Crippen LogP contribution is -2.53. The van der Waals surface area contributed by atoms with Crippen molar-refractivity contribution in [2.24, 2.45) is 0 Å². The molecular formula is C18H11Cl3N2O4S. The molecule has 0 aliphatic carbocycles. The van der Waals surface area contributed by atoms with E-state index in [9.17, 15) is 14.7 Å². The lowest BCUT2D eigenvalue weighted by molar-refractivity contribution is -0.148. The molecule has 0 spiro atoms. The second-order valence-corrected chi connectivity index (χ2v) is 8.59. The zero-order chi connectivity index (χ0) is 20.2. The topological polar surface area (TPSA) is 79.7 Å². The number of thiazole rings is 1. The van der Waals surface area contributed by atoms with E-state index < -0.39 is 23.9 Å². The van der Waals surface area contributed by atoms with E-state index in [-0.39, 0.29) is 0 Å². The highest BCUT2D eigenvalue weighted by atomic mass is 35.5. The minimum atomic E-state index is -1.61. The first-order valence-electron chi connectivity index (χ1n) is 7.99. The normalized spacial score (nSPS) is 18.9. The number of benzene rings is 2. The van der Waals surface area contributed by atoms with Gasteiger partial charge < -0.3 is 9.84 Å². The quantitative estimate of drug-likeness (QED) is 0.558. The summed E-state index contributed by atoms with van der Waals surface area (Å²) in [6, 6.07) is 8.02. The van der Waals surface area contributed by atoms with Crippen LogP contribution in [0.3, 0.4) is 0 Å². The first kappa shape index (κ1) is 19.3. The van der Waals surface area contributed by atoms with E-state index in [2.05, 4.69) is 4.98 Å². The molecule has 3 aromatic rings. The first-order valence-corrected chi connectivity index (χ1v) is 9.94. The monoisotopic (exact) mass is 456 g/mol. The number of hydrogen-bond donors (Lipinski definition) is 1. The number of fused-ring (bicyclic) bond motifs is 2. The van der Waals surface area contributed by atoms with Crippen LogP contribution in [0, 0.1) is 0 Å². The summed E-state index contributed by atoms with van der Waals surface area (Å²) in [5.74, 6) is -1.41. The van der Waals surface area contributed by atoms with E-state index in [0.717, 1.165) is 0 Å². The molecule has 1 aliphatic rings. The summed E-state index contributed by atoms with van der Waals surface area (Å²) in [5.41, 5.74) is -0.790. The van der Waals surface area contributed by atoms with Gasteiger partial charge in [-0.2, -0.15) is 0 Å². The molecule has 1 unspecified atom stereocenters. The fourth-order valence-electron chi connectivity index (χ4n) is 3.00. The van der Waals surface area contributed by atoms with Crippen LogP contribution in [0.5, 0.6) is 5.75 Å². The third kappa shape index (κ3) is 3.08. The van der Waals surface area contributed by atoms with E-state index in [0.29, 0.717) is 41.9 Å². The fourth-order valence-corrected chi connectivity index (χ4v) is 4.70. The summed E-state index contributed by atoms with van der Waals surface area (Å²) >= 11 is 19.8. The third-order valence-electron chi connectivity index (χ3n) is 4.27. The van der Waals surface area contributed by atoms with E-state index in [4.69, 9.17) is 39.5 Å². The zero-order valence-electron chi connectivity index (χ0n) is 14.2. The molecule has 1 aromatic heterocycles. The van der Waals surface area contributed by atoms with Crippen LogP contribution in [0.2, 0.25) is 15.1 Å². The Balaban J connectivity index is 1.95. The van der Waals surface area contributed by atoms with Gasteiger partial charge in [-0.1, -0.05) is 46.1 Å². The number of rotatable bonds is 3.